The standard InChI is InChI=1S/C17H24/c1-2-16(17-11-7-4-8-12-17)14-13-15-9-5-3-6-10-15/h2,4,7-8,11-12,15H,3,5-6,9-10,13-14H2,1H3/b16-2-. The average molecular weight is 228 g/mol. The Morgan fingerprint density at radius 2 is 1.82 bits per heavy atom. The highest BCUT2D eigenvalue weighted by atomic mass is 14.2. The van der Waals surface area contributed by atoms with Crippen LogP contribution < -0.4 is 0 Å². The Morgan fingerprint density at radius 1 is 1.12 bits per heavy atom. The van der Waals surface area contributed by atoms with Gasteiger partial charge in [0, 0.05) is 0 Å². The van der Waals surface area contributed by atoms with Crippen molar-refractivity contribution in [3.05, 3.63) is 42.0 Å². The summed E-state index contributed by atoms with van der Waals surface area (Å²) in [5.74, 6) is 0.988. The fraction of sp³-hybridized carbons (Fsp3) is 0.529. The van der Waals surface area contributed by atoms with Crippen LogP contribution in [0.3, 0.4) is 0 Å². The SMILES string of the molecule is C/C=C(/CCC1CCCCC1)c1ccccc1. The van der Waals surface area contributed by atoms with Crippen molar-refractivity contribution in [3.8, 4) is 0 Å². The Hall–Kier alpha value is -1.04. The molecule has 0 heteroatoms. The summed E-state index contributed by atoms with van der Waals surface area (Å²) in [4.78, 5) is 0. The van der Waals surface area contributed by atoms with Gasteiger partial charge in [0.2, 0.25) is 0 Å². The zero-order valence-electron chi connectivity index (χ0n) is 11.0. The van der Waals surface area contributed by atoms with Gasteiger partial charge in [0.1, 0.15) is 0 Å². The Morgan fingerprint density at radius 3 is 2.47 bits per heavy atom. The smallest absolute Gasteiger partial charge is 0.0228 e. The molecule has 17 heavy (non-hydrogen) atoms. The van der Waals surface area contributed by atoms with E-state index in [4.69, 9.17) is 0 Å². The predicted molar refractivity (Wildman–Crippen MR) is 75.9 cm³/mol. The zero-order chi connectivity index (χ0) is 11.9. The fourth-order valence-corrected chi connectivity index (χ4v) is 2.94. The van der Waals surface area contributed by atoms with Crippen molar-refractivity contribution in [1.82, 2.24) is 0 Å². The van der Waals surface area contributed by atoms with E-state index in [1.54, 1.807) is 0 Å². The van der Waals surface area contributed by atoms with Gasteiger partial charge in [0.15, 0.2) is 0 Å². The fourth-order valence-electron chi connectivity index (χ4n) is 2.94. The summed E-state index contributed by atoms with van der Waals surface area (Å²) in [6.07, 6.45) is 12.2. The van der Waals surface area contributed by atoms with Gasteiger partial charge in [-0.25, -0.2) is 0 Å². The monoisotopic (exact) mass is 228 g/mol. The lowest BCUT2D eigenvalue weighted by molar-refractivity contribution is 0.342. The molecule has 1 fully saturated rings. The molecule has 0 bridgehead atoms. The van der Waals surface area contributed by atoms with Crippen LogP contribution in [0.2, 0.25) is 0 Å². The van der Waals surface area contributed by atoms with E-state index >= 15 is 0 Å². The van der Waals surface area contributed by atoms with Crippen molar-refractivity contribution in [1.29, 1.82) is 0 Å². The van der Waals surface area contributed by atoms with Crippen LogP contribution in [0.1, 0.15) is 57.4 Å². The van der Waals surface area contributed by atoms with Crippen LogP contribution in [0.5, 0.6) is 0 Å². The molecule has 0 nitrogen and oxygen atoms in total. The van der Waals surface area contributed by atoms with E-state index in [9.17, 15) is 0 Å². The Labute approximate surface area is 106 Å². The van der Waals surface area contributed by atoms with Gasteiger partial charge in [-0.15, -0.1) is 0 Å². The van der Waals surface area contributed by atoms with Gasteiger partial charge in [-0.2, -0.15) is 0 Å². The summed E-state index contributed by atoms with van der Waals surface area (Å²) < 4.78 is 0. The van der Waals surface area contributed by atoms with Crippen molar-refractivity contribution in [2.45, 2.75) is 51.9 Å². The lowest BCUT2D eigenvalue weighted by Gasteiger charge is -2.22. The maximum absolute atomic E-state index is 2.29. The van der Waals surface area contributed by atoms with E-state index < -0.39 is 0 Å². The van der Waals surface area contributed by atoms with Crippen LogP contribution in [0.25, 0.3) is 5.57 Å². The van der Waals surface area contributed by atoms with Crippen LogP contribution in [0, 0.1) is 5.92 Å². The maximum Gasteiger partial charge on any atom is -0.0228 e. The molecular formula is C17H24. The van der Waals surface area contributed by atoms with Crippen LogP contribution in [0.4, 0.5) is 0 Å². The highest BCUT2D eigenvalue weighted by Crippen LogP contribution is 2.30. The molecule has 0 amide bonds. The third-order valence-electron chi connectivity index (χ3n) is 4.04. The first-order chi connectivity index (χ1) is 8.40. The molecule has 92 valence electrons. The molecule has 1 aromatic carbocycles. The third kappa shape index (κ3) is 3.73. The molecule has 1 aliphatic rings. The van der Waals surface area contributed by atoms with E-state index in [2.05, 4.69) is 43.3 Å². The third-order valence-corrected chi connectivity index (χ3v) is 4.04. The topological polar surface area (TPSA) is 0 Å². The molecule has 0 spiro atoms. The zero-order valence-corrected chi connectivity index (χ0v) is 11.0. The normalized spacial score (nSPS) is 18.3. The minimum absolute atomic E-state index is 0.988. The number of benzene rings is 1. The van der Waals surface area contributed by atoms with Gasteiger partial charge in [-0.3, -0.25) is 0 Å². The predicted octanol–water partition coefficient (Wildman–Crippen LogP) is 5.45. The van der Waals surface area contributed by atoms with Crippen molar-refractivity contribution < 1.29 is 0 Å². The summed E-state index contributed by atoms with van der Waals surface area (Å²) >= 11 is 0. The van der Waals surface area contributed by atoms with Crippen LogP contribution in [0.15, 0.2) is 36.4 Å². The minimum atomic E-state index is 0.988. The maximum atomic E-state index is 2.29. The summed E-state index contributed by atoms with van der Waals surface area (Å²) in [6, 6.07) is 10.8. The number of allylic oxidation sites excluding steroid dienone is 2. The summed E-state index contributed by atoms with van der Waals surface area (Å²) in [7, 11) is 0. The molecule has 0 heterocycles. The van der Waals surface area contributed by atoms with Crippen LogP contribution >= 0.6 is 0 Å². The minimum Gasteiger partial charge on any atom is -0.0838 e. The Kier molecular flexibility index (Phi) is 4.85. The first-order valence-electron chi connectivity index (χ1n) is 7.11. The molecule has 1 saturated carbocycles. The van der Waals surface area contributed by atoms with E-state index in [1.165, 1.54) is 56.1 Å². The van der Waals surface area contributed by atoms with E-state index in [0.29, 0.717) is 0 Å². The second-order valence-electron chi connectivity index (χ2n) is 5.22. The first kappa shape index (κ1) is 12.4. The molecule has 0 N–H and O–H groups in total. The van der Waals surface area contributed by atoms with Gasteiger partial charge in [-0.1, -0.05) is 68.5 Å². The van der Waals surface area contributed by atoms with E-state index in [-0.39, 0.29) is 0 Å². The largest absolute Gasteiger partial charge is 0.0838 e. The van der Waals surface area contributed by atoms with Gasteiger partial charge in [0.25, 0.3) is 0 Å². The summed E-state index contributed by atoms with van der Waals surface area (Å²) in [6.45, 7) is 2.17. The van der Waals surface area contributed by atoms with E-state index in [1.807, 2.05) is 0 Å². The van der Waals surface area contributed by atoms with Gasteiger partial charge < -0.3 is 0 Å². The number of hydrogen-bond donors (Lipinski definition) is 0. The quantitative estimate of drug-likeness (QED) is 0.642. The highest BCUT2D eigenvalue weighted by molar-refractivity contribution is 5.65. The molecule has 0 saturated heterocycles. The van der Waals surface area contributed by atoms with Crippen molar-refractivity contribution in [3.63, 3.8) is 0 Å². The summed E-state index contributed by atoms with van der Waals surface area (Å²) in [5, 5.41) is 0. The molecule has 0 unspecified atom stereocenters. The summed E-state index contributed by atoms with van der Waals surface area (Å²) in [5.41, 5.74) is 2.93. The highest BCUT2D eigenvalue weighted by Gasteiger charge is 2.13. The molecule has 1 aliphatic carbocycles. The van der Waals surface area contributed by atoms with Gasteiger partial charge >= 0.3 is 0 Å². The van der Waals surface area contributed by atoms with Crippen LogP contribution in [-0.4, -0.2) is 0 Å². The van der Waals surface area contributed by atoms with Gasteiger partial charge in [0.05, 0.1) is 0 Å². The number of rotatable bonds is 4. The van der Waals surface area contributed by atoms with E-state index in [0.717, 1.165) is 5.92 Å². The van der Waals surface area contributed by atoms with Crippen molar-refractivity contribution in [2.75, 3.05) is 0 Å². The lowest BCUT2D eigenvalue weighted by Crippen LogP contribution is -2.06. The average Bonchev–Trinajstić information content (AvgIpc) is 2.42. The molecule has 0 atom stereocenters. The molecule has 0 radical (unpaired) electrons. The Balaban J connectivity index is 1.88. The first-order valence-corrected chi connectivity index (χ1v) is 7.11. The van der Waals surface area contributed by atoms with Crippen LogP contribution in [-0.2, 0) is 0 Å². The van der Waals surface area contributed by atoms with Crippen molar-refractivity contribution >= 4 is 5.57 Å². The lowest BCUT2D eigenvalue weighted by atomic mass is 9.84. The second-order valence-corrected chi connectivity index (χ2v) is 5.22. The van der Waals surface area contributed by atoms with Gasteiger partial charge in [-0.05, 0) is 36.8 Å². The second kappa shape index (κ2) is 6.64. The van der Waals surface area contributed by atoms with Crippen molar-refractivity contribution in [2.24, 2.45) is 5.92 Å². The molecule has 0 aliphatic heterocycles. The molecular weight excluding hydrogens is 204 g/mol. The number of hydrogen-bond acceptors (Lipinski definition) is 0. The molecule has 1 aromatic rings. The molecule has 0 aromatic heterocycles. The molecule has 2 rings (SSSR count). The Bertz CT molecular complexity index is 342.